The first-order valence-electron chi connectivity index (χ1n) is 5.88. The van der Waals surface area contributed by atoms with Gasteiger partial charge < -0.3 is 10.4 Å². The lowest BCUT2D eigenvalue weighted by Gasteiger charge is -2.13. The summed E-state index contributed by atoms with van der Waals surface area (Å²) in [6.07, 6.45) is 0.833. The second-order valence-corrected chi connectivity index (χ2v) is 4.94. The van der Waals surface area contributed by atoms with E-state index in [1.54, 1.807) is 18.2 Å². The smallest absolute Gasteiger partial charge is 0.321 e. The van der Waals surface area contributed by atoms with Crippen molar-refractivity contribution in [2.75, 3.05) is 12.3 Å². The first-order valence-corrected chi connectivity index (χ1v) is 6.87. The normalized spacial score (nSPS) is 12.1. The molecule has 0 aliphatic carbocycles. The Bertz CT molecular complexity index is 453. The molecule has 0 saturated heterocycles. The largest absolute Gasteiger partial charge is 0.480 e. The Balaban J connectivity index is 2.68. The standard InChI is InChI=1S/C12H16N2O4S/c1-2-7-13-9(12(15)16)8-19-11-6-4-3-5-10(11)14(17)18/h3-6,9,13H,2,7-8H2,1H3,(H,15,16). The number of nitro groups is 1. The number of benzene rings is 1. The lowest BCUT2D eigenvalue weighted by atomic mass is 10.3. The Hall–Kier alpha value is -1.60. The fourth-order valence-electron chi connectivity index (χ4n) is 1.44. The van der Waals surface area contributed by atoms with Gasteiger partial charge in [-0.15, -0.1) is 11.8 Å². The number of para-hydroxylation sites is 1. The maximum Gasteiger partial charge on any atom is 0.321 e. The Kier molecular flexibility index (Phi) is 6.31. The van der Waals surface area contributed by atoms with Crippen molar-refractivity contribution >= 4 is 23.4 Å². The SMILES string of the molecule is CCCNC(CSc1ccccc1[N+](=O)[O-])C(=O)O. The number of aliphatic carboxylic acids is 1. The molecule has 0 amide bonds. The molecule has 1 aromatic carbocycles. The Morgan fingerprint density at radius 3 is 2.79 bits per heavy atom. The van der Waals surface area contributed by atoms with Crippen molar-refractivity contribution < 1.29 is 14.8 Å². The first-order chi connectivity index (χ1) is 9.06. The molecule has 0 bridgehead atoms. The van der Waals surface area contributed by atoms with Crippen LogP contribution in [0.2, 0.25) is 0 Å². The zero-order chi connectivity index (χ0) is 14.3. The second-order valence-electron chi connectivity index (χ2n) is 3.88. The highest BCUT2D eigenvalue weighted by Crippen LogP contribution is 2.28. The third kappa shape index (κ3) is 4.88. The van der Waals surface area contributed by atoms with Gasteiger partial charge in [0.1, 0.15) is 6.04 Å². The summed E-state index contributed by atoms with van der Waals surface area (Å²) in [5.41, 5.74) is 0.00660. The Morgan fingerprint density at radius 1 is 1.53 bits per heavy atom. The van der Waals surface area contributed by atoms with Crippen LogP contribution >= 0.6 is 11.8 Å². The van der Waals surface area contributed by atoms with E-state index in [4.69, 9.17) is 5.11 Å². The summed E-state index contributed by atoms with van der Waals surface area (Å²) < 4.78 is 0. The Morgan fingerprint density at radius 2 is 2.21 bits per heavy atom. The van der Waals surface area contributed by atoms with E-state index >= 15 is 0 Å². The number of nitrogens with zero attached hydrogens (tertiary/aromatic N) is 1. The van der Waals surface area contributed by atoms with Crippen molar-refractivity contribution in [3.05, 3.63) is 34.4 Å². The summed E-state index contributed by atoms with van der Waals surface area (Å²) in [7, 11) is 0. The van der Waals surface area contributed by atoms with Crippen molar-refractivity contribution in [3.8, 4) is 0 Å². The number of carboxylic acid groups (broad SMARTS) is 1. The fourth-order valence-corrected chi connectivity index (χ4v) is 2.51. The molecule has 0 heterocycles. The molecule has 0 radical (unpaired) electrons. The van der Waals surface area contributed by atoms with E-state index in [1.165, 1.54) is 17.8 Å². The van der Waals surface area contributed by atoms with Crippen LogP contribution in [0.5, 0.6) is 0 Å². The highest BCUT2D eigenvalue weighted by molar-refractivity contribution is 7.99. The summed E-state index contributed by atoms with van der Waals surface area (Å²) in [6, 6.07) is 5.63. The van der Waals surface area contributed by atoms with E-state index < -0.39 is 16.9 Å². The average molecular weight is 284 g/mol. The molecule has 19 heavy (non-hydrogen) atoms. The van der Waals surface area contributed by atoms with Crippen LogP contribution in [0, 0.1) is 10.1 Å². The second kappa shape index (κ2) is 7.75. The number of carboxylic acids is 1. The maximum atomic E-state index is 11.0. The van der Waals surface area contributed by atoms with Gasteiger partial charge in [-0.05, 0) is 19.0 Å². The maximum absolute atomic E-state index is 11.0. The minimum absolute atomic E-state index is 0.00660. The molecule has 0 spiro atoms. The summed E-state index contributed by atoms with van der Waals surface area (Å²) in [5, 5.41) is 22.8. The molecular formula is C12H16N2O4S. The van der Waals surface area contributed by atoms with Crippen LogP contribution in [-0.2, 0) is 4.79 Å². The molecule has 2 N–H and O–H groups in total. The van der Waals surface area contributed by atoms with E-state index in [2.05, 4.69) is 5.32 Å². The van der Waals surface area contributed by atoms with Gasteiger partial charge >= 0.3 is 5.97 Å². The van der Waals surface area contributed by atoms with Crippen LogP contribution in [0.3, 0.4) is 0 Å². The van der Waals surface area contributed by atoms with Crippen LogP contribution in [0.1, 0.15) is 13.3 Å². The molecule has 7 heteroatoms. The highest BCUT2D eigenvalue weighted by atomic mass is 32.2. The zero-order valence-electron chi connectivity index (χ0n) is 10.5. The van der Waals surface area contributed by atoms with Gasteiger partial charge in [-0.1, -0.05) is 19.1 Å². The minimum atomic E-state index is -0.945. The molecule has 1 rings (SSSR count). The molecular weight excluding hydrogens is 268 g/mol. The first kappa shape index (κ1) is 15.5. The van der Waals surface area contributed by atoms with Gasteiger partial charge in [-0.25, -0.2) is 0 Å². The topological polar surface area (TPSA) is 92.5 Å². The lowest BCUT2D eigenvalue weighted by molar-refractivity contribution is -0.387. The number of thioether (sulfide) groups is 1. The van der Waals surface area contributed by atoms with Gasteiger partial charge in [0.2, 0.25) is 0 Å². The number of rotatable bonds is 8. The van der Waals surface area contributed by atoms with Crippen LogP contribution in [0.25, 0.3) is 0 Å². The van der Waals surface area contributed by atoms with Crippen molar-refractivity contribution in [1.29, 1.82) is 0 Å². The van der Waals surface area contributed by atoms with Crippen LogP contribution in [0.4, 0.5) is 5.69 Å². The third-order valence-electron chi connectivity index (χ3n) is 2.41. The number of nitrogens with one attached hydrogen (secondary N) is 1. The summed E-state index contributed by atoms with van der Waals surface area (Å²) >= 11 is 1.18. The van der Waals surface area contributed by atoms with E-state index in [1.807, 2.05) is 6.92 Å². The Labute approximate surface area is 115 Å². The van der Waals surface area contributed by atoms with E-state index in [9.17, 15) is 14.9 Å². The van der Waals surface area contributed by atoms with Gasteiger partial charge in [0, 0.05) is 11.8 Å². The van der Waals surface area contributed by atoms with Gasteiger partial charge in [-0.3, -0.25) is 14.9 Å². The highest BCUT2D eigenvalue weighted by Gasteiger charge is 2.19. The van der Waals surface area contributed by atoms with E-state index in [-0.39, 0.29) is 11.4 Å². The van der Waals surface area contributed by atoms with E-state index in [0.717, 1.165) is 6.42 Å². The molecule has 1 unspecified atom stereocenters. The molecule has 0 aliphatic rings. The number of hydrogen-bond donors (Lipinski definition) is 2. The van der Waals surface area contributed by atoms with Crippen molar-refractivity contribution in [1.82, 2.24) is 5.32 Å². The number of nitro benzene ring substituents is 1. The fraction of sp³-hybridized carbons (Fsp3) is 0.417. The van der Waals surface area contributed by atoms with Crippen LogP contribution < -0.4 is 5.32 Å². The predicted molar refractivity (Wildman–Crippen MR) is 73.5 cm³/mol. The number of hydrogen-bond acceptors (Lipinski definition) is 5. The van der Waals surface area contributed by atoms with Gasteiger partial charge in [0.05, 0.1) is 9.82 Å². The third-order valence-corrected chi connectivity index (χ3v) is 3.56. The zero-order valence-corrected chi connectivity index (χ0v) is 11.4. The van der Waals surface area contributed by atoms with Crippen LogP contribution in [-0.4, -0.2) is 34.3 Å². The van der Waals surface area contributed by atoms with Crippen molar-refractivity contribution in [2.45, 2.75) is 24.3 Å². The lowest BCUT2D eigenvalue weighted by Crippen LogP contribution is -2.39. The minimum Gasteiger partial charge on any atom is -0.480 e. The molecule has 0 aliphatic heterocycles. The molecule has 0 aromatic heterocycles. The summed E-state index contributed by atoms with van der Waals surface area (Å²) in [4.78, 5) is 21.9. The summed E-state index contributed by atoms with van der Waals surface area (Å²) in [5.74, 6) is -0.695. The van der Waals surface area contributed by atoms with Gasteiger partial charge in [-0.2, -0.15) is 0 Å². The molecule has 104 valence electrons. The molecule has 6 nitrogen and oxygen atoms in total. The van der Waals surface area contributed by atoms with Gasteiger partial charge in [0.15, 0.2) is 0 Å². The number of carbonyl (C=O) groups is 1. The molecule has 0 fully saturated rings. The summed E-state index contributed by atoms with van der Waals surface area (Å²) in [6.45, 7) is 2.55. The van der Waals surface area contributed by atoms with Crippen LogP contribution in [0.15, 0.2) is 29.2 Å². The average Bonchev–Trinajstić information content (AvgIpc) is 2.38. The molecule has 1 aromatic rings. The quantitative estimate of drug-likeness (QED) is 0.431. The van der Waals surface area contributed by atoms with Crippen molar-refractivity contribution in [2.24, 2.45) is 0 Å². The van der Waals surface area contributed by atoms with Crippen molar-refractivity contribution in [3.63, 3.8) is 0 Å². The predicted octanol–water partition coefficient (Wildman–Crippen LogP) is 2.14. The van der Waals surface area contributed by atoms with Gasteiger partial charge in [0.25, 0.3) is 5.69 Å². The monoisotopic (exact) mass is 284 g/mol. The molecule has 1 atom stereocenters. The van der Waals surface area contributed by atoms with E-state index in [0.29, 0.717) is 11.4 Å². The molecule has 0 saturated carbocycles.